The monoisotopic (exact) mass is 468 g/mol. The third kappa shape index (κ3) is 5.39. The number of benzene rings is 1. The van der Waals surface area contributed by atoms with Gasteiger partial charge in [0.25, 0.3) is 0 Å². The Hall–Kier alpha value is -3.27. The van der Waals surface area contributed by atoms with E-state index in [1.165, 1.54) is 16.8 Å². The third-order valence-electron chi connectivity index (χ3n) is 5.39. The van der Waals surface area contributed by atoms with Crippen molar-refractivity contribution >= 4 is 39.8 Å². The molecule has 0 fully saturated rings. The van der Waals surface area contributed by atoms with E-state index in [1.807, 2.05) is 41.9 Å². The van der Waals surface area contributed by atoms with Gasteiger partial charge < -0.3 is 19.6 Å². The lowest BCUT2D eigenvalue weighted by Crippen LogP contribution is -2.38. The molecule has 3 amide bonds. The Morgan fingerprint density at radius 2 is 2.03 bits per heavy atom. The number of imidazole rings is 1. The molecule has 0 saturated heterocycles. The van der Waals surface area contributed by atoms with Gasteiger partial charge in [-0.15, -0.1) is 0 Å². The first-order valence-electron chi connectivity index (χ1n) is 11.1. The zero-order chi connectivity index (χ0) is 23.2. The predicted octanol–water partition coefficient (Wildman–Crippen LogP) is 4.20. The summed E-state index contributed by atoms with van der Waals surface area (Å²) in [7, 11) is 1.96. The normalized spacial score (nSPS) is 13.9. The molecule has 33 heavy (non-hydrogen) atoms. The van der Waals surface area contributed by atoms with Gasteiger partial charge in [0.2, 0.25) is 0 Å². The number of carbonyl (C=O) groups is 2. The van der Waals surface area contributed by atoms with Crippen molar-refractivity contribution in [3.05, 3.63) is 42.2 Å². The Morgan fingerprint density at radius 1 is 1.21 bits per heavy atom. The van der Waals surface area contributed by atoms with Crippen LogP contribution < -0.4 is 10.6 Å². The van der Waals surface area contributed by atoms with Gasteiger partial charge >= 0.3 is 11.3 Å². The van der Waals surface area contributed by atoms with Crippen molar-refractivity contribution in [2.24, 2.45) is 12.1 Å². The maximum Gasteiger partial charge on any atom is 0.314 e. The molecule has 2 N–H and O–H groups in total. The van der Waals surface area contributed by atoms with Crippen LogP contribution in [0.1, 0.15) is 31.7 Å². The highest BCUT2D eigenvalue weighted by Gasteiger charge is 2.22. The fourth-order valence-electron chi connectivity index (χ4n) is 3.58. The number of fused-ring (bicyclic) bond motifs is 1. The summed E-state index contributed by atoms with van der Waals surface area (Å²) in [6, 6.07) is 9.57. The molecule has 0 bridgehead atoms. The zero-order valence-corrected chi connectivity index (χ0v) is 19.7. The quantitative estimate of drug-likeness (QED) is 0.458. The van der Waals surface area contributed by atoms with Crippen molar-refractivity contribution in [2.75, 3.05) is 25.4 Å². The number of hydrogen-bond donors (Lipinski definition) is 2. The van der Waals surface area contributed by atoms with Crippen molar-refractivity contribution in [1.82, 2.24) is 25.2 Å². The summed E-state index contributed by atoms with van der Waals surface area (Å²) in [5, 5.41) is 11.6. The average Bonchev–Trinajstić information content (AvgIpc) is 3.46. The number of rotatable bonds is 9. The molecule has 174 valence electrons. The number of amides is 3. The lowest BCUT2D eigenvalue weighted by Gasteiger charge is -2.23. The highest BCUT2D eigenvalue weighted by molar-refractivity contribution is 8.14. The standard InChI is InChI=1S/C23H28N6O3S/c1-3-4-10-24-22(30)25-11-6-12-29-23(31)33-15-18(27-29)16-8-9-19-17(14-16)26-21(28(19)2)20-7-5-13-32-20/h5,7-9,13-14H,3-4,6,10-12,15H2,1-2H3,(H2,24,25,30). The molecule has 0 aliphatic carbocycles. The first-order valence-corrected chi connectivity index (χ1v) is 12.1. The summed E-state index contributed by atoms with van der Waals surface area (Å²) in [4.78, 5) is 28.8. The Kier molecular flexibility index (Phi) is 7.33. The van der Waals surface area contributed by atoms with E-state index in [1.54, 1.807) is 6.26 Å². The summed E-state index contributed by atoms with van der Waals surface area (Å²) < 4.78 is 7.50. The summed E-state index contributed by atoms with van der Waals surface area (Å²) >= 11 is 1.23. The highest BCUT2D eigenvalue weighted by Crippen LogP contribution is 2.26. The molecular weight excluding hydrogens is 440 g/mol. The molecule has 0 unspecified atom stereocenters. The number of furan rings is 1. The number of hydrazone groups is 1. The summed E-state index contributed by atoms with van der Waals surface area (Å²) in [6.07, 6.45) is 4.25. The smallest absolute Gasteiger partial charge is 0.314 e. The van der Waals surface area contributed by atoms with E-state index in [-0.39, 0.29) is 11.3 Å². The molecule has 4 rings (SSSR count). The predicted molar refractivity (Wildman–Crippen MR) is 130 cm³/mol. The van der Waals surface area contributed by atoms with Gasteiger partial charge in [0, 0.05) is 38.0 Å². The van der Waals surface area contributed by atoms with Crippen molar-refractivity contribution in [3.63, 3.8) is 0 Å². The molecule has 3 aromatic rings. The molecule has 9 nitrogen and oxygen atoms in total. The van der Waals surface area contributed by atoms with Gasteiger partial charge in [-0.1, -0.05) is 31.2 Å². The van der Waals surface area contributed by atoms with Crippen LogP contribution in [0.4, 0.5) is 9.59 Å². The molecule has 1 aromatic carbocycles. The Balaban J connectivity index is 1.41. The number of thioether (sulfide) groups is 1. The van der Waals surface area contributed by atoms with Crippen molar-refractivity contribution < 1.29 is 14.0 Å². The highest BCUT2D eigenvalue weighted by atomic mass is 32.2. The van der Waals surface area contributed by atoms with Crippen LogP contribution in [0.3, 0.4) is 0 Å². The Morgan fingerprint density at radius 3 is 2.79 bits per heavy atom. The van der Waals surface area contributed by atoms with Gasteiger partial charge in [-0.3, -0.25) is 4.79 Å². The Labute approximate surface area is 196 Å². The van der Waals surface area contributed by atoms with Crippen molar-refractivity contribution in [1.29, 1.82) is 0 Å². The van der Waals surface area contributed by atoms with E-state index in [2.05, 4.69) is 22.7 Å². The van der Waals surface area contributed by atoms with Gasteiger partial charge in [0.1, 0.15) is 0 Å². The topological polar surface area (TPSA) is 105 Å². The SMILES string of the molecule is CCCCNC(=O)NCCCN1N=C(c2ccc3c(c2)nc(-c2ccco2)n3C)CSC1=O. The minimum absolute atomic E-state index is 0.0785. The van der Waals surface area contributed by atoms with E-state index in [4.69, 9.17) is 9.40 Å². The lowest BCUT2D eigenvalue weighted by atomic mass is 10.1. The second kappa shape index (κ2) is 10.6. The van der Waals surface area contributed by atoms with Crippen LogP contribution in [0.25, 0.3) is 22.6 Å². The fourth-order valence-corrected chi connectivity index (χ4v) is 4.35. The average molecular weight is 469 g/mol. The maximum absolute atomic E-state index is 12.3. The summed E-state index contributed by atoms with van der Waals surface area (Å²) in [5.41, 5.74) is 3.60. The molecule has 0 atom stereocenters. The summed E-state index contributed by atoms with van der Waals surface area (Å²) in [5.74, 6) is 1.98. The first-order chi connectivity index (χ1) is 16.1. The number of urea groups is 1. The summed E-state index contributed by atoms with van der Waals surface area (Å²) in [6.45, 7) is 3.67. The van der Waals surface area contributed by atoms with Crippen LogP contribution in [0.5, 0.6) is 0 Å². The van der Waals surface area contributed by atoms with Gasteiger partial charge in [-0.05, 0) is 37.1 Å². The molecule has 0 radical (unpaired) electrons. The molecule has 0 spiro atoms. The van der Waals surface area contributed by atoms with Gasteiger partial charge in [-0.25, -0.2) is 14.8 Å². The first kappa shape index (κ1) is 22.9. The molecular formula is C23H28N6O3S. The third-order valence-corrected chi connectivity index (χ3v) is 6.26. The largest absolute Gasteiger partial charge is 0.461 e. The van der Waals surface area contributed by atoms with Gasteiger partial charge in [-0.2, -0.15) is 5.10 Å². The van der Waals surface area contributed by atoms with Crippen LogP contribution >= 0.6 is 11.8 Å². The fraction of sp³-hybridized carbons (Fsp3) is 0.391. The lowest BCUT2D eigenvalue weighted by molar-refractivity contribution is 0.223. The van der Waals surface area contributed by atoms with Crippen LogP contribution in [-0.2, 0) is 7.05 Å². The molecule has 3 heterocycles. The number of carbonyl (C=O) groups excluding carboxylic acids is 2. The van der Waals surface area contributed by atoms with E-state index >= 15 is 0 Å². The Bertz CT molecular complexity index is 1150. The van der Waals surface area contributed by atoms with E-state index < -0.39 is 0 Å². The van der Waals surface area contributed by atoms with Crippen LogP contribution in [0, 0.1) is 0 Å². The van der Waals surface area contributed by atoms with Crippen LogP contribution in [-0.4, -0.2) is 56.9 Å². The number of unbranched alkanes of at least 4 members (excludes halogenated alkanes) is 1. The molecule has 1 aliphatic rings. The zero-order valence-electron chi connectivity index (χ0n) is 18.8. The molecule has 0 saturated carbocycles. The molecule has 2 aromatic heterocycles. The second-order valence-electron chi connectivity index (χ2n) is 7.79. The number of aryl methyl sites for hydroxylation is 1. The van der Waals surface area contributed by atoms with Crippen LogP contribution in [0.15, 0.2) is 46.1 Å². The number of hydrogen-bond acceptors (Lipinski definition) is 6. The van der Waals surface area contributed by atoms with Crippen LogP contribution in [0.2, 0.25) is 0 Å². The van der Waals surface area contributed by atoms with E-state index in [0.29, 0.717) is 37.6 Å². The minimum atomic E-state index is -0.176. The number of nitrogens with zero attached hydrogens (tertiary/aromatic N) is 4. The number of aromatic nitrogens is 2. The molecule has 10 heteroatoms. The minimum Gasteiger partial charge on any atom is -0.461 e. The van der Waals surface area contributed by atoms with Crippen molar-refractivity contribution in [2.45, 2.75) is 26.2 Å². The van der Waals surface area contributed by atoms with E-state index in [0.717, 1.165) is 41.0 Å². The van der Waals surface area contributed by atoms with E-state index in [9.17, 15) is 9.59 Å². The van der Waals surface area contributed by atoms with Gasteiger partial charge in [0.05, 0.1) is 23.0 Å². The molecule has 1 aliphatic heterocycles. The maximum atomic E-state index is 12.3. The van der Waals surface area contributed by atoms with Crippen molar-refractivity contribution in [3.8, 4) is 11.6 Å². The number of nitrogens with one attached hydrogen (secondary N) is 2. The van der Waals surface area contributed by atoms with Gasteiger partial charge in [0.15, 0.2) is 11.6 Å². The second-order valence-corrected chi connectivity index (χ2v) is 8.72.